The van der Waals surface area contributed by atoms with Crippen molar-refractivity contribution < 1.29 is 0 Å². The van der Waals surface area contributed by atoms with E-state index in [1.807, 2.05) is 24.7 Å². The third-order valence-electron chi connectivity index (χ3n) is 5.30. The van der Waals surface area contributed by atoms with Gasteiger partial charge in [-0.25, -0.2) is 4.68 Å². The summed E-state index contributed by atoms with van der Waals surface area (Å²) in [6.07, 6.45) is 12.5. The van der Waals surface area contributed by atoms with Crippen molar-refractivity contribution in [3.8, 4) is 16.9 Å². The zero-order valence-electron chi connectivity index (χ0n) is 16.3. The zero-order chi connectivity index (χ0) is 19.7. The molecule has 0 bridgehead atoms. The van der Waals surface area contributed by atoms with Crippen LogP contribution in [0.5, 0.6) is 0 Å². The van der Waals surface area contributed by atoms with Crippen LogP contribution in [-0.2, 0) is 13.0 Å². The molecule has 3 aromatic rings. The molecule has 28 heavy (non-hydrogen) atoms. The van der Waals surface area contributed by atoms with Crippen molar-refractivity contribution in [2.75, 3.05) is 0 Å². The van der Waals surface area contributed by atoms with Gasteiger partial charge in [-0.3, -0.25) is 9.78 Å². The monoisotopic (exact) mass is 396 g/mol. The van der Waals surface area contributed by atoms with Crippen LogP contribution in [0, 0.1) is 11.8 Å². The van der Waals surface area contributed by atoms with Crippen LogP contribution in [0.4, 0.5) is 0 Å². The Morgan fingerprint density at radius 3 is 2.71 bits per heavy atom. The van der Waals surface area contributed by atoms with Crippen molar-refractivity contribution in [2.24, 2.45) is 11.8 Å². The molecule has 5 nitrogen and oxygen atoms in total. The van der Waals surface area contributed by atoms with Gasteiger partial charge in [-0.15, -0.1) is 0 Å². The van der Waals surface area contributed by atoms with Crippen LogP contribution < -0.4 is 5.56 Å². The van der Waals surface area contributed by atoms with Crippen molar-refractivity contribution in [2.45, 2.75) is 46.1 Å². The highest BCUT2D eigenvalue weighted by molar-refractivity contribution is 6.33. The first kappa shape index (κ1) is 18.9. The summed E-state index contributed by atoms with van der Waals surface area (Å²) in [5.74, 6) is 1.18. The van der Waals surface area contributed by atoms with Gasteiger partial charge in [0.2, 0.25) is 0 Å². The second-order valence-electron chi connectivity index (χ2n) is 8.12. The average molecular weight is 397 g/mol. The van der Waals surface area contributed by atoms with Gasteiger partial charge in [0, 0.05) is 36.8 Å². The van der Waals surface area contributed by atoms with Crippen molar-refractivity contribution in [3.63, 3.8) is 0 Å². The Hall–Kier alpha value is -2.40. The summed E-state index contributed by atoms with van der Waals surface area (Å²) in [5.41, 5.74) is 3.63. The number of halogens is 1. The summed E-state index contributed by atoms with van der Waals surface area (Å²) in [7, 11) is 0. The number of hydrogen-bond acceptors (Lipinski definition) is 3. The first-order chi connectivity index (χ1) is 13.5. The van der Waals surface area contributed by atoms with Gasteiger partial charge in [-0.2, -0.15) is 5.10 Å². The summed E-state index contributed by atoms with van der Waals surface area (Å²) in [4.78, 5) is 16.6. The molecule has 146 valence electrons. The summed E-state index contributed by atoms with van der Waals surface area (Å²) >= 11 is 6.52. The van der Waals surface area contributed by atoms with Gasteiger partial charge in [0.05, 0.1) is 22.6 Å². The lowest BCUT2D eigenvalue weighted by Crippen LogP contribution is -2.21. The van der Waals surface area contributed by atoms with E-state index in [1.54, 1.807) is 27.6 Å². The molecule has 0 N–H and O–H groups in total. The Balaban J connectivity index is 1.58. The van der Waals surface area contributed by atoms with Crippen molar-refractivity contribution >= 4 is 11.6 Å². The summed E-state index contributed by atoms with van der Waals surface area (Å²) in [5, 5.41) is 5.10. The van der Waals surface area contributed by atoms with Crippen molar-refractivity contribution in [1.29, 1.82) is 0 Å². The standard InChI is InChI=1S/C22H25ClN4O/c1-15(2)12-26-14-19(6-7-21(26)28)27-13-18(11-25-27)22-20(23)9-17(10-24-22)8-16-4-3-5-16/h6-7,9-11,13-16H,3-5,8,12H2,1-2H3. The lowest BCUT2D eigenvalue weighted by molar-refractivity contribution is 0.314. The predicted molar refractivity (Wildman–Crippen MR) is 112 cm³/mol. The minimum Gasteiger partial charge on any atom is -0.313 e. The average Bonchev–Trinajstić information content (AvgIpc) is 3.09. The van der Waals surface area contributed by atoms with E-state index in [1.165, 1.54) is 24.8 Å². The van der Waals surface area contributed by atoms with Gasteiger partial charge in [0.25, 0.3) is 5.56 Å². The summed E-state index contributed by atoms with van der Waals surface area (Å²) in [6.45, 7) is 4.86. The molecular weight excluding hydrogens is 372 g/mol. The molecule has 3 aromatic heterocycles. The molecule has 6 heteroatoms. The van der Waals surface area contributed by atoms with E-state index in [9.17, 15) is 4.79 Å². The first-order valence-corrected chi connectivity index (χ1v) is 10.3. The zero-order valence-corrected chi connectivity index (χ0v) is 17.1. The third kappa shape index (κ3) is 4.04. The maximum atomic E-state index is 12.0. The van der Waals surface area contributed by atoms with E-state index in [4.69, 9.17) is 11.6 Å². The fraction of sp³-hybridized carbons (Fsp3) is 0.409. The highest BCUT2D eigenvalue weighted by Crippen LogP contribution is 2.32. The number of aromatic nitrogens is 4. The Morgan fingerprint density at radius 1 is 1.21 bits per heavy atom. The summed E-state index contributed by atoms with van der Waals surface area (Å²) in [6, 6.07) is 5.40. The molecule has 1 aliphatic rings. The highest BCUT2D eigenvalue weighted by atomic mass is 35.5. The van der Waals surface area contributed by atoms with Gasteiger partial charge in [0.15, 0.2) is 0 Å². The Labute approximate surface area is 170 Å². The highest BCUT2D eigenvalue weighted by Gasteiger charge is 2.19. The number of nitrogens with zero attached hydrogens (tertiary/aromatic N) is 4. The van der Waals surface area contributed by atoms with E-state index in [-0.39, 0.29) is 5.56 Å². The fourth-order valence-corrected chi connectivity index (χ4v) is 3.91. The Morgan fingerprint density at radius 2 is 2.04 bits per heavy atom. The van der Waals surface area contributed by atoms with Gasteiger partial charge in [0.1, 0.15) is 0 Å². The molecule has 0 aromatic carbocycles. The molecule has 1 aliphatic carbocycles. The maximum absolute atomic E-state index is 12.0. The molecule has 1 saturated carbocycles. The molecule has 0 spiro atoms. The van der Waals surface area contributed by atoms with Crippen LogP contribution in [0.3, 0.4) is 0 Å². The molecule has 0 unspecified atom stereocenters. The van der Waals surface area contributed by atoms with Gasteiger partial charge in [-0.05, 0) is 36.0 Å². The van der Waals surface area contributed by atoms with Crippen molar-refractivity contribution in [3.05, 3.63) is 63.9 Å². The molecule has 3 heterocycles. The quantitative estimate of drug-likeness (QED) is 0.604. The van der Waals surface area contributed by atoms with Crippen LogP contribution in [0.1, 0.15) is 38.7 Å². The van der Waals surface area contributed by atoms with Gasteiger partial charge < -0.3 is 4.57 Å². The number of hydrogen-bond donors (Lipinski definition) is 0. The fourth-order valence-electron chi connectivity index (χ4n) is 3.61. The van der Waals surface area contributed by atoms with E-state index in [0.29, 0.717) is 17.5 Å². The SMILES string of the molecule is CC(C)Cn1cc(-n2cc(-c3ncc(CC4CCC4)cc3Cl)cn2)ccc1=O. The number of pyridine rings is 2. The van der Waals surface area contributed by atoms with Gasteiger partial charge in [-0.1, -0.05) is 44.7 Å². The van der Waals surface area contributed by atoms with E-state index in [0.717, 1.165) is 29.3 Å². The minimum absolute atomic E-state index is 0.00316. The third-order valence-corrected chi connectivity index (χ3v) is 5.59. The Kier molecular flexibility index (Phi) is 5.36. The lowest BCUT2D eigenvalue weighted by atomic mass is 9.81. The lowest BCUT2D eigenvalue weighted by Gasteiger charge is -2.25. The second-order valence-corrected chi connectivity index (χ2v) is 8.53. The van der Waals surface area contributed by atoms with Crippen LogP contribution in [0.2, 0.25) is 5.02 Å². The molecule has 1 fully saturated rings. The van der Waals surface area contributed by atoms with Crippen LogP contribution >= 0.6 is 11.6 Å². The van der Waals surface area contributed by atoms with Gasteiger partial charge >= 0.3 is 0 Å². The van der Waals surface area contributed by atoms with Crippen molar-refractivity contribution in [1.82, 2.24) is 19.3 Å². The summed E-state index contributed by atoms with van der Waals surface area (Å²) < 4.78 is 3.48. The first-order valence-electron chi connectivity index (χ1n) is 9.90. The largest absolute Gasteiger partial charge is 0.313 e. The predicted octanol–water partition coefficient (Wildman–Crippen LogP) is 4.75. The smallest absolute Gasteiger partial charge is 0.250 e. The normalized spacial score (nSPS) is 14.4. The molecule has 0 aliphatic heterocycles. The minimum atomic E-state index is -0.00316. The van der Waals surface area contributed by atoms with Crippen LogP contribution in [-0.4, -0.2) is 19.3 Å². The molecule has 0 saturated heterocycles. The molecule has 4 rings (SSSR count). The number of rotatable bonds is 6. The van der Waals surface area contributed by atoms with E-state index < -0.39 is 0 Å². The topological polar surface area (TPSA) is 52.7 Å². The Bertz CT molecular complexity index is 1030. The maximum Gasteiger partial charge on any atom is 0.250 e. The van der Waals surface area contributed by atoms with E-state index in [2.05, 4.69) is 23.9 Å². The van der Waals surface area contributed by atoms with Crippen LogP contribution in [0.15, 0.2) is 47.8 Å². The van der Waals surface area contributed by atoms with Crippen LogP contribution in [0.25, 0.3) is 16.9 Å². The molecule has 0 atom stereocenters. The molecule has 0 radical (unpaired) electrons. The molecule has 0 amide bonds. The second kappa shape index (κ2) is 7.92. The van der Waals surface area contributed by atoms with E-state index >= 15 is 0 Å². The molecular formula is C22H25ClN4O.